The Labute approximate surface area is 200 Å². The van der Waals surface area contributed by atoms with Crippen LogP contribution in [0, 0.1) is 0 Å². The molecule has 9 heteroatoms. The van der Waals surface area contributed by atoms with Crippen molar-refractivity contribution in [3.8, 4) is 5.69 Å². The van der Waals surface area contributed by atoms with Gasteiger partial charge in [-0.15, -0.1) is 0 Å². The van der Waals surface area contributed by atoms with Gasteiger partial charge in [0, 0.05) is 43.8 Å². The lowest BCUT2D eigenvalue weighted by atomic mass is 10.1. The SMILES string of the molecule is CCOP(=O)(OCC)OCCN1CCN(c2c(C=O)c3ccccc3n2-c2ccccc2)CC1. The first kappa shape index (κ1) is 24.6. The molecule has 0 atom stereocenters. The molecule has 1 aromatic heterocycles. The second kappa shape index (κ2) is 11.3. The van der Waals surface area contributed by atoms with Crippen molar-refractivity contribution in [2.45, 2.75) is 13.8 Å². The molecule has 1 saturated heterocycles. The molecule has 0 radical (unpaired) electrons. The van der Waals surface area contributed by atoms with Crippen LogP contribution in [0.5, 0.6) is 0 Å². The predicted octanol–water partition coefficient (Wildman–Crippen LogP) is 4.76. The Hall–Kier alpha value is -2.48. The normalized spacial score (nSPS) is 15.2. The number of hydrogen-bond donors (Lipinski definition) is 0. The third-order valence-corrected chi connectivity index (χ3v) is 7.57. The number of anilines is 1. The molecule has 3 aromatic rings. The van der Waals surface area contributed by atoms with Crippen LogP contribution < -0.4 is 4.90 Å². The molecule has 0 N–H and O–H groups in total. The second-order valence-electron chi connectivity index (χ2n) is 7.99. The third-order valence-electron chi connectivity index (χ3n) is 5.92. The Morgan fingerprint density at radius 3 is 2.18 bits per heavy atom. The number of piperazine rings is 1. The molecule has 0 spiro atoms. The molecule has 1 aliphatic heterocycles. The van der Waals surface area contributed by atoms with Gasteiger partial charge in [0.25, 0.3) is 0 Å². The molecule has 1 fully saturated rings. The fourth-order valence-electron chi connectivity index (χ4n) is 4.41. The average Bonchev–Trinajstić information content (AvgIpc) is 3.19. The van der Waals surface area contributed by atoms with Gasteiger partial charge in [0.05, 0.1) is 30.9 Å². The van der Waals surface area contributed by atoms with Crippen molar-refractivity contribution in [3.05, 3.63) is 60.2 Å². The zero-order valence-corrected chi connectivity index (χ0v) is 20.7. The van der Waals surface area contributed by atoms with Gasteiger partial charge in [-0.3, -0.25) is 27.8 Å². The van der Waals surface area contributed by atoms with E-state index in [1.165, 1.54) is 0 Å². The number of rotatable bonds is 11. The monoisotopic (exact) mass is 485 g/mol. The number of benzene rings is 2. The summed E-state index contributed by atoms with van der Waals surface area (Å²) in [5.74, 6) is 0.926. The molecular weight excluding hydrogens is 453 g/mol. The Bertz CT molecular complexity index is 1130. The van der Waals surface area contributed by atoms with Gasteiger partial charge in [0.2, 0.25) is 0 Å². The summed E-state index contributed by atoms with van der Waals surface area (Å²) >= 11 is 0. The maximum absolute atomic E-state index is 12.5. The number of carbonyl (C=O) groups excluding carboxylic acids is 1. The van der Waals surface area contributed by atoms with E-state index in [-0.39, 0.29) is 19.8 Å². The Morgan fingerprint density at radius 2 is 1.53 bits per heavy atom. The van der Waals surface area contributed by atoms with Gasteiger partial charge in [-0.1, -0.05) is 36.4 Å². The predicted molar refractivity (Wildman–Crippen MR) is 134 cm³/mol. The van der Waals surface area contributed by atoms with Crippen molar-refractivity contribution in [3.63, 3.8) is 0 Å². The van der Waals surface area contributed by atoms with Gasteiger partial charge < -0.3 is 4.90 Å². The van der Waals surface area contributed by atoms with Crippen molar-refractivity contribution in [1.29, 1.82) is 0 Å². The number of phosphoric ester groups is 1. The molecule has 0 bridgehead atoms. The van der Waals surface area contributed by atoms with E-state index in [9.17, 15) is 9.36 Å². The molecule has 1 aliphatic rings. The maximum Gasteiger partial charge on any atom is 0.474 e. The van der Waals surface area contributed by atoms with Gasteiger partial charge in [-0.2, -0.15) is 0 Å². The number of para-hydroxylation sites is 2. The van der Waals surface area contributed by atoms with Gasteiger partial charge >= 0.3 is 7.82 Å². The smallest absolute Gasteiger partial charge is 0.355 e. The van der Waals surface area contributed by atoms with Crippen molar-refractivity contribution in [2.75, 3.05) is 57.4 Å². The van der Waals surface area contributed by atoms with E-state index < -0.39 is 7.82 Å². The van der Waals surface area contributed by atoms with E-state index in [1.807, 2.05) is 36.4 Å². The quantitative estimate of drug-likeness (QED) is 0.286. The van der Waals surface area contributed by atoms with Gasteiger partial charge in [-0.25, -0.2) is 4.57 Å². The van der Waals surface area contributed by atoms with E-state index in [2.05, 4.69) is 32.6 Å². The Kier molecular flexibility index (Phi) is 8.19. The van der Waals surface area contributed by atoms with Crippen LogP contribution in [0.1, 0.15) is 24.2 Å². The summed E-state index contributed by atoms with van der Waals surface area (Å²) in [6, 6.07) is 18.2. The molecule has 0 amide bonds. The van der Waals surface area contributed by atoms with E-state index in [1.54, 1.807) is 13.8 Å². The summed E-state index contributed by atoms with van der Waals surface area (Å²) in [5, 5.41) is 0.954. The molecule has 34 heavy (non-hydrogen) atoms. The molecule has 4 rings (SSSR count). The summed E-state index contributed by atoms with van der Waals surface area (Å²) in [6.07, 6.45) is 0.969. The van der Waals surface area contributed by atoms with E-state index >= 15 is 0 Å². The molecule has 0 unspecified atom stereocenters. The number of hydrogen-bond acceptors (Lipinski definition) is 7. The molecule has 0 saturated carbocycles. The number of fused-ring (bicyclic) bond motifs is 1. The largest absolute Gasteiger partial charge is 0.474 e. The van der Waals surface area contributed by atoms with Crippen LogP contribution in [-0.4, -0.2) is 68.3 Å². The van der Waals surface area contributed by atoms with E-state index in [0.717, 1.165) is 54.9 Å². The Morgan fingerprint density at radius 1 is 0.882 bits per heavy atom. The summed E-state index contributed by atoms with van der Waals surface area (Å²) in [7, 11) is -3.49. The van der Waals surface area contributed by atoms with Crippen LogP contribution in [0.2, 0.25) is 0 Å². The minimum Gasteiger partial charge on any atom is -0.355 e. The number of aldehydes is 1. The number of carbonyl (C=O) groups is 1. The van der Waals surface area contributed by atoms with Crippen LogP contribution in [0.4, 0.5) is 5.82 Å². The van der Waals surface area contributed by atoms with Crippen molar-refractivity contribution >= 4 is 30.8 Å². The standard InChI is InChI=1S/C25H32N3O5P/c1-3-31-34(30,32-4-2)33-19-18-26-14-16-27(17-15-26)25-23(20-29)22-12-8-9-13-24(22)28(25)21-10-6-5-7-11-21/h5-13,20H,3-4,14-19H2,1-2H3. The first-order chi connectivity index (χ1) is 16.6. The highest BCUT2D eigenvalue weighted by Crippen LogP contribution is 2.49. The lowest BCUT2D eigenvalue weighted by molar-refractivity contribution is 0.107. The third kappa shape index (κ3) is 5.27. The molecule has 2 heterocycles. The minimum absolute atomic E-state index is 0.265. The summed E-state index contributed by atoms with van der Waals surface area (Å²) in [5.41, 5.74) is 2.76. The van der Waals surface area contributed by atoms with Gasteiger partial charge in [0.15, 0.2) is 6.29 Å². The summed E-state index contributed by atoms with van der Waals surface area (Å²) < 4.78 is 30.5. The van der Waals surface area contributed by atoms with Crippen molar-refractivity contribution in [1.82, 2.24) is 9.47 Å². The molecule has 0 aliphatic carbocycles. The summed E-state index contributed by atoms with van der Waals surface area (Å²) in [6.45, 7) is 8.07. The average molecular weight is 486 g/mol. The van der Waals surface area contributed by atoms with Gasteiger partial charge in [0.1, 0.15) is 5.82 Å². The first-order valence-corrected chi connectivity index (χ1v) is 13.2. The van der Waals surface area contributed by atoms with Crippen LogP contribution in [0.15, 0.2) is 54.6 Å². The highest BCUT2D eigenvalue weighted by Gasteiger charge is 2.28. The number of aromatic nitrogens is 1. The second-order valence-corrected chi connectivity index (χ2v) is 9.66. The lowest BCUT2D eigenvalue weighted by Crippen LogP contribution is -2.48. The zero-order chi connectivity index (χ0) is 24.0. The van der Waals surface area contributed by atoms with Crippen molar-refractivity contribution in [2.24, 2.45) is 0 Å². The van der Waals surface area contributed by atoms with Crippen LogP contribution in [-0.2, 0) is 18.1 Å². The van der Waals surface area contributed by atoms with Crippen LogP contribution in [0.3, 0.4) is 0 Å². The maximum atomic E-state index is 12.5. The Balaban J connectivity index is 1.50. The van der Waals surface area contributed by atoms with Crippen LogP contribution >= 0.6 is 7.82 Å². The molecule has 2 aromatic carbocycles. The highest BCUT2D eigenvalue weighted by molar-refractivity contribution is 7.48. The summed E-state index contributed by atoms with van der Waals surface area (Å²) in [4.78, 5) is 16.8. The highest BCUT2D eigenvalue weighted by atomic mass is 31.2. The molecule has 182 valence electrons. The van der Waals surface area contributed by atoms with Crippen LogP contribution in [0.25, 0.3) is 16.6 Å². The van der Waals surface area contributed by atoms with Crippen molar-refractivity contribution < 1.29 is 22.9 Å². The zero-order valence-electron chi connectivity index (χ0n) is 19.8. The lowest BCUT2D eigenvalue weighted by Gasteiger charge is -2.36. The number of nitrogens with zero attached hydrogens (tertiary/aromatic N) is 3. The fourth-order valence-corrected chi connectivity index (χ4v) is 5.57. The topological polar surface area (TPSA) is 73.2 Å². The molecular formula is C25H32N3O5P. The number of phosphoric acid groups is 1. The van der Waals surface area contributed by atoms with E-state index in [4.69, 9.17) is 13.6 Å². The fraction of sp³-hybridized carbons (Fsp3) is 0.400. The van der Waals surface area contributed by atoms with E-state index in [0.29, 0.717) is 12.1 Å². The van der Waals surface area contributed by atoms with Gasteiger partial charge in [-0.05, 0) is 32.0 Å². The molecule has 8 nitrogen and oxygen atoms in total. The first-order valence-electron chi connectivity index (χ1n) is 11.7. The minimum atomic E-state index is -3.49.